The summed E-state index contributed by atoms with van der Waals surface area (Å²) in [6.45, 7) is 11.8. The van der Waals surface area contributed by atoms with Crippen molar-refractivity contribution < 1.29 is 4.52 Å². The molecule has 1 aromatic heterocycles. The number of aliphatic imine (C=N–C) groups is 1. The van der Waals surface area contributed by atoms with Crippen molar-refractivity contribution in [2.75, 3.05) is 19.6 Å². The fourth-order valence-corrected chi connectivity index (χ4v) is 2.27. The van der Waals surface area contributed by atoms with Crippen LogP contribution in [0.25, 0.3) is 0 Å². The predicted molar refractivity (Wildman–Crippen MR) is 73.8 cm³/mol. The second-order valence-electron chi connectivity index (χ2n) is 5.74. The van der Waals surface area contributed by atoms with E-state index in [1.807, 2.05) is 0 Å². The quantitative estimate of drug-likeness (QED) is 0.664. The lowest BCUT2D eigenvalue weighted by molar-refractivity contribution is 0.369. The van der Waals surface area contributed by atoms with Gasteiger partial charge >= 0.3 is 0 Å². The number of nitrogens with zero attached hydrogens (tertiary/aromatic N) is 4. The van der Waals surface area contributed by atoms with Crippen molar-refractivity contribution in [2.24, 2.45) is 10.4 Å². The Balaban J connectivity index is 2.03. The summed E-state index contributed by atoms with van der Waals surface area (Å²) in [6.07, 6.45) is 1.19. The number of likely N-dealkylation sites (tertiary alicyclic amines) is 1. The average molecular weight is 265 g/mol. The van der Waals surface area contributed by atoms with Crippen LogP contribution < -0.4 is 5.32 Å². The summed E-state index contributed by atoms with van der Waals surface area (Å²) in [5, 5.41) is 7.19. The largest absolute Gasteiger partial charge is 0.357 e. The molecule has 1 aliphatic rings. The highest BCUT2D eigenvalue weighted by Crippen LogP contribution is 2.28. The predicted octanol–water partition coefficient (Wildman–Crippen LogP) is 1.58. The van der Waals surface area contributed by atoms with Crippen LogP contribution in [0.1, 0.15) is 38.9 Å². The molecule has 0 bridgehead atoms. The second kappa shape index (κ2) is 5.59. The highest BCUT2D eigenvalue weighted by molar-refractivity contribution is 5.80. The van der Waals surface area contributed by atoms with Crippen LogP contribution in [0.2, 0.25) is 0 Å². The van der Waals surface area contributed by atoms with E-state index in [2.05, 4.69) is 46.1 Å². The van der Waals surface area contributed by atoms with Crippen molar-refractivity contribution in [3.63, 3.8) is 0 Å². The van der Waals surface area contributed by atoms with Crippen molar-refractivity contribution >= 4 is 5.96 Å². The normalized spacial score (nSPS) is 18.9. The summed E-state index contributed by atoms with van der Waals surface area (Å²) in [7, 11) is 0. The molecule has 1 N–H and O–H groups in total. The Bertz CT molecular complexity index is 452. The molecule has 0 aromatic carbocycles. The van der Waals surface area contributed by atoms with E-state index in [0.29, 0.717) is 23.7 Å². The molecule has 1 aromatic rings. The molecule has 1 aliphatic heterocycles. The molecular formula is C13H23N5O. The van der Waals surface area contributed by atoms with Gasteiger partial charge in [-0.2, -0.15) is 4.98 Å². The number of guanidine groups is 1. The number of hydrogen-bond acceptors (Lipinski definition) is 4. The maximum absolute atomic E-state index is 4.95. The van der Waals surface area contributed by atoms with Crippen LogP contribution in [0.3, 0.4) is 0 Å². The van der Waals surface area contributed by atoms with Gasteiger partial charge in [-0.3, -0.25) is 0 Å². The highest BCUT2D eigenvalue weighted by Gasteiger charge is 2.30. The van der Waals surface area contributed by atoms with Gasteiger partial charge in [0, 0.05) is 26.6 Å². The van der Waals surface area contributed by atoms with Gasteiger partial charge in [-0.25, -0.2) is 4.99 Å². The molecule has 1 fully saturated rings. The Labute approximate surface area is 114 Å². The van der Waals surface area contributed by atoms with E-state index in [0.717, 1.165) is 25.6 Å². The Morgan fingerprint density at radius 2 is 2.32 bits per heavy atom. The van der Waals surface area contributed by atoms with Gasteiger partial charge in [-0.05, 0) is 18.8 Å². The zero-order valence-electron chi connectivity index (χ0n) is 12.2. The van der Waals surface area contributed by atoms with Crippen LogP contribution in [-0.2, 0) is 6.54 Å². The first-order valence-electron chi connectivity index (χ1n) is 6.82. The molecule has 0 radical (unpaired) electrons. The number of aryl methyl sites for hydroxylation is 1. The van der Waals surface area contributed by atoms with Crippen molar-refractivity contribution in [1.82, 2.24) is 20.4 Å². The Morgan fingerprint density at radius 1 is 1.53 bits per heavy atom. The van der Waals surface area contributed by atoms with Gasteiger partial charge in [0.25, 0.3) is 0 Å². The van der Waals surface area contributed by atoms with Crippen molar-refractivity contribution in [2.45, 2.75) is 40.7 Å². The van der Waals surface area contributed by atoms with Crippen LogP contribution in [0.5, 0.6) is 0 Å². The smallest absolute Gasteiger partial charge is 0.223 e. The van der Waals surface area contributed by atoms with Gasteiger partial charge in [0.1, 0.15) is 6.54 Å². The van der Waals surface area contributed by atoms with E-state index < -0.39 is 0 Å². The van der Waals surface area contributed by atoms with Gasteiger partial charge in [0.05, 0.1) is 0 Å². The molecule has 0 atom stereocenters. The zero-order valence-corrected chi connectivity index (χ0v) is 12.2. The monoisotopic (exact) mass is 265 g/mol. The Hall–Kier alpha value is -1.59. The minimum Gasteiger partial charge on any atom is -0.357 e. The van der Waals surface area contributed by atoms with Crippen molar-refractivity contribution in [3.05, 3.63) is 11.7 Å². The van der Waals surface area contributed by atoms with Crippen molar-refractivity contribution in [1.29, 1.82) is 0 Å². The summed E-state index contributed by atoms with van der Waals surface area (Å²) >= 11 is 0. The highest BCUT2D eigenvalue weighted by atomic mass is 16.5. The molecule has 2 rings (SSSR count). The van der Waals surface area contributed by atoms with Gasteiger partial charge in [-0.15, -0.1) is 0 Å². The second-order valence-corrected chi connectivity index (χ2v) is 5.74. The Kier molecular flexibility index (Phi) is 4.07. The van der Waals surface area contributed by atoms with E-state index >= 15 is 0 Å². The maximum Gasteiger partial charge on any atom is 0.223 e. The van der Waals surface area contributed by atoms with E-state index in [9.17, 15) is 0 Å². The minimum absolute atomic E-state index is 0.360. The van der Waals surface area contributed by atoms with Crippen LogP contribution >= 0.6 is 0 Å². The summed E-state index contributed by atoms with van der Waals surface area (Å²) in [5.74, 6) is 2.15. The van der Waals surface area contributed by atoms with E-state index in [4.69, 9.17) is 4.52 Å². The summed E-state index contributed by atoms with van der Waals surface area (Å²) in [5.41, 5.74) is 0.360. The van der Waals surface area contributed by atoms with Crippen molar-refractivity contribution in [3.8, 4) is 0 Å². The van der Waals surface area contributed by atoms with Crippen LogP contribution in [-0.4, -0.2) is 40.6 Å². The number of aromatic nitrogens is 2. The standard InChI is InChI=1S/C13H23N5O/c1-5-14-12(18-7-6-13(3,4)9-18)15-8-11-16-10(2)19-17-11/h5-9H2,1-4H3,(H,14,15). The molecule has 0 unspecified atom stereocenters. The van der Waals surface area contributed by atoms with E-state index in [-0.39, 0.29) is 0 Å². The first-order chi connectivity index (χ1) is 9.00. The third-order valence-electron chi connectivity index (χ3n) is 3.25. The summed E-state index contributed by atoms with van der Waals surface area (Å²) < 4.78 is 4.95. The summed E-state index contributed by atoms with van der Waals surface area (Å²) in [4.78, 5) is 11.1. The molecule has 6 nitrogen and oxygen atoms in total. The van der Waals surface area contributed by atoms with Gasteiger partial charge in [0.2, 0.25) is 5.89 Å². The molecule has 2 heterocycles. The number of nitrogens with one attached hydrogen (secondary N) is 1. The van der Waals surface area contributed by atoms with Crippen LogP contribution in [0.4, 0.5) is 0 Å². The summed E-state index contributed by atoms with van der Waals surface area (Å²) in [6, 6.07) is 0. The van der Waals surface area contributed by atoms with Gasteiger partial charge in [0.15, 0.2) is 11.8 Å². The third kappa shape index (κ3) is 3.68. The molecule has 0 spiro atoms. The molecular weight excluding hydrogens is 242 g/mol. The van der Waals surface area contributed by atoms with Gasteiger partial charge in [-0.1, -0.05) is 19.0 Å². The fourth-order valence-electron chi connectivity index (χ4n) is 2.27. The molecule has 0 aliphatic carbocycles. The number of rotatable bonds is 3. The maximum atomic E-state index is 4.95. The minimum atomic E-state index is 0.360. The third-order valence-corrected chi connectivity index (χ3v) is 3.25. The SMILES string of the molecule is CCNC(=NCc1noc(C)n1)N1CCC(C)(C)C1. The Morgan fingerprint density at radius 3 is 2.84 bits per heavy atom. The molecule has 6 heteroatoms. The molecule has 19 heavy (non-hydrogen) atoms. The molecule has 0 saturated carbocycles. The molecule has 0 amide bonds. The average Bonchev–Trinajstić information content (AvgIpc) is 2.91. The fraction of sp³-hybridized carbons (Fsp3) is 0.769. The van der Waals surface area contributed by atoms with Gasteiger partial charge < -0.3 is 14.7 Å². The lowest BCUT2D eigenvalue weighted by Crippen LogP contribution is -2.40. The zero-order chi connectivity index (χ0) is 13.9. The van der Waals surface area contributed by atoms with E-state index in [1.165, 1.54) is 6.42 Å². The number of hydrogen-bond donors (Lipinski definition) is 1. The molecule has 106 valence electrons. The topological polar surface area (TPSA) is 66.5 Å². The molecule has 1 saturated heterocycles. The lowest BCUT2D eigenvalue weighted by atomic mass is 9.93. The lowest BCUT2D eigenvalue weighted by Gasteiger charge is -2.23. The van der Waals surface area contributed by atoms with E-state index in [1.54, 1.807) is 6.92 Å². The van der Waals surface area contributed by atoms with Crippen LogP contribution in [0, 0.1) is 12.3 Å². The first kappa shape index (κ1) is 13.8. The first-order valence-corrected chi connectivity index (χ1v) is 6.82. The van der Waals surface area contributed by atoms with Crippen LogP contribution in [0.15, 0.2) is 9.52 Å².